The van der Waals surface area contributed by atoms with Gasteiger partial charge >= 0.3 is 17.8 Å². The van der Waals surface area contributed by atoms with E-state index in [-0.39, 0.29) is 16.3 Å². The van der Waals surface area contributed by atoms with Gasteiger partial charge in [0.2, 0.25) is 0 Å². The van der Waals surface area contributed by atoms with E-state index >= 15 is 0 Å². The first-order valence-electron chi connectivity index (χ1n) is 7.92. The predicted molar refractivity (Wildman–Crippen MR) is 101 cm³/mol. The lowest BCUT2D eigenvalue weighted by molar-refractivity contribution is -0.132. The van der Waals surface area contributed by atoms with Gasteiger partial charge in [-0.15, -0.1) is 0 Å². The summed E-state index contributed by atoms with van der Waals surface area (Å²) in [6.45, 7) is 4.13. The first-order valence-corrected chi connectivity index (χ1v) is 8.29. The number of nitrogens with one attached hydrogen (secondary N) is 2. The average molecular weight is 375 g/mol. The van der Waals surface area contributed by atoms with E-state index in [1.807, 2.05) is 12.1 Å². The van der Waals surface area contributed by atoms with Crippen molar-refractivity contribution in [2.75, 3.05) is 17.7 Å². The van der Waals surface area contributed by atoms with Crippen molar-refractivity contribution in [3.63, 3.8) is 0 Å². The van der Waals surface area contributed by atoms with E-state index in [4.69, 9.17) is 11.6 Å². The van der Waals surface area contributed by atoms with Gasteiger partial charge in [-0.2, -0.15) is 0 Å². The summed E-state index contributed by atoms with van der Waals surface area (Å²) in [5.74, 6) is -1.96. The van der Waals surface area contributed by atoms with E-state index in [1.54, 1.807) is 12.1 Å². The molecular weight excluding hydrogens is 356 g/mol. The minimum absolute atomic E-state index is 0.143. The van der Waals surface area contributed by atoms with Gasteiger partial charge in [0.15, 0.2) is 0 Å². The molecule has 0 radical (unpaired) electrons. The Morgan fingerprint density at radius 3 is 2.15 bits per heavy atom. The zero-order valence-corrected chi connectivity index (χ0v) is 15.4. The largest absolute Gasteiger partial charge is 0.465 e. The molecular formula is C19H19ClN2O4. The maximum absolute atomic E-state index is 12.1. The summed E-state index contributed by atoms with van der Waals surface area (Å²) in [7, 11) is 1.24. The highest BCUT2D eigenvalue weighted by molar-refractivity contribution is 6.44. The number of esters is 1. The summed E-state index contributed by atoms with van der Waals surface area (Å²) >= 11 is 6.00. The molecule has 2 N–H and O–H groups in total. The molecule has 0 atom stereocenters. The van der Waals surface area contributed by atoms with Crippen LogP contribution in [-0.4, -0.2) is 24.9 Å². The quantitative estimate of drug-likeness (QED) is 0.629. The smallest absolute Gasteiger partial charge is 0.337 e. The molecule has 0 saturated carbocycles. The molecule has 0 spiro atoms. The van der Waals surface area contributed by atoms with Gasteiger partial charge in [0, 0.05) is 5.69 Å². The molecule has 7 heteroatoms. The maximum Gasteiger partial charge on any atom is 0.337 e. The van der Waals surface area contributed by atoms with Crippen LogP contribution in [0.25, 0.3) is 0 Å². The van der Waals surface area contributed by atoms with Gasteiger partial charge in [0.05, 0.1) is 23.4 Å². The molecule has 26 heavy (non-hydrogen) atoms. The summed E-state index contributed by atoms with van der Waals surface area (Å²) < 4.78 is 4.61. The highest BCUT2D eigenvalue weighted by Gasteiger charge is 2.17. The van der Waals surface area contributed by atoms with Crippen molar-refractivity contribution in [3.8, 4) is 0 Å². The molecule has 2 aromatic carbocycles. The van der Waals surface area contributed by atoms with Crippen molar-refractivity contribution in [1.29, 1.82) is 0 Å². The molecule has 0 fully saturated rings. The number of rotatable bonds is 4. The van der Waals surface area contributed by atoms with E-state index in [1.165, 1.54) is 25.3 Å². The molecule has 0 aliphatic rings. The number of amides is 2. The first kappa shape index (κ1) is 19.5. The number of methoxy groups -OCH3 is 1. The van der Waals surface area contributed by atoms with Gasteiger partial charge in [-0.3, -0.25) is 9.59 Å². The average Bonchev–Trinajstić information content (AvgIpc) is 2.63. The van der Waals surface area contributed by atoms with Crippen LogP contribution in [0.3, 0.4) is 0 Å². The Balaban J connectivity index is 2.07. The minimum atomic E-state index is -0.901. The normalized spacial score (nSPS) is 10.3. The highest BCUT2D eigenvalue weighted by Crippen LogP contribution is 2.23. The summed E-state index contributed by atoms with van der Waals surface area (Å²) in [6.07, 6.45) is 0. The second kappa shape index (κ2) is 8.49. The molecule has 0 unspecified atom stereocenters. The van der Waals surface area contributed by atoms with Crippen LogP contribution in [0.15, 0.2) is 42.5 Å². The third kappa shape index (κ3) is 4.83. The Labute approximate surface area is 156 Å². The first-order chi connectivity index (χ1) is 12.3. The SMILES string of the molecule is COC(=O)c1ccc(Cl)c(NC(=O)C(=O)Nc2ccc(C(C)C)cc2)c1. The fourth-order valence-corrected chi connectivity index (χ4v) is 2.35. The van der Waals surface area contributed by atoms with Crippen LogP contribution in [0, 0.1) is 0 Å². The fourth-order valence-electron chi connectivity index (χ4n) is 2.18. The molecule has 136 valence electrons. The predicted octanol–water partition coefficient (Wildman–Crippen LogP) is 3.83. The molecule has 0 aliphatic heterocycles. The summed E-state index contributed by atoms with van der Waals surface area (Å²) in [6, 6.07) is 11.5. The van der Waals surface area contributed by atoms with E-state index < -0.39 is 17.8 Å². The van der Waals surface area contributed by atoms with Crippen LogP contribution in [0.1, 0.15) is 35.7 Å². The van der Waals surface area contributed by atoms with Crippen LogP contribution in [0.4, 0.5) is 11.4 Å². The van der Waals surface area contributed by atoms with Gasteiger partial charge in [-0.25, -0.2) is 4.79 Å². The van der Waals surface area contributed by atoms with Crippen LogP contribution in [-0.2, 0) is 14.3 Å². The van der Waals surface area contributed by atoms with E-state index in [9.17, 15) is 14.4 Å². The molecule has 6 nitrogen and oxygen atoms in total. The van der Waals surface area contributed by atoms with Gasteiger partial charge < -0.3 is 15.4 Å². The second-order valence-corrected chi connectivity index (χ2v) is 6.28. The zero-order valence-electron chi connectivity index (χ0n) is 14.6. The number of benzene rings is 2. The van der Waals surface area contributed by atoms with Crippen LogP contribution >= 0.6 is 11.6 Å². The van der Waals surface area contributed by atoms with Crippen molar-refractivity contribution >= 4 is 40.8 Å². The fraction of sp³-hybridized carbons (Fsp3) is 0.211. The summed E-state index contributed by atoms with van der Waals surface area (Å²) in [5.41, 5.74) is 1.98. The number of carbonyl (C=O) groups excluding carboxylic acids is 3. The van der Waals surface area contributed by atoms with Crippen molar-refractivity contribution < 1.29 is 19.1 Å². The van der Waals surface area contributed by atoms with E-state index in [0.717, 1.165) is 5.56 Å². The second-order valence-electron chi connectivity index (χ2n) is 5.87. The van der Waals surface area contributed by atoms with Crippen LogP contribution < -0.4 is 10.6 Å². The molecule has 0 aromatic heterocycles. The Morgan fingerprint density at radius 2 is 1.58 bits per heavy atom. The number of ether oxygens (including phenoxy) is 1. The lowest BCUT2D eigenvalue weighted by Crippen LogP contribution is -2.29. The molecule has 0 saturated heterocycles. The van der Waals surface area contributed by atoms with E-state index in [0.29, 0.717) is 11.6 Å². The number of hydrogen-bond donors (Lipinski definition) is 2. The molecule has 0 heterocycles. The maximum atomic E-state index is 12.1. The Morgan fingerprint density at radius 1 is 0.962 bits per heavy atom. The molecule has 2 rings (SSSR count). The number of carbonyl (C=O) groups is 3. The number of halogens is 1. The van der Waals surface area contributed by atoms with Gasteiger partial charge in [-0.05, 0) is 41.8 Å². The van der Waals surface area contributed by atoms with Crippen LogP contribution in [0.5, 0.6) is 0 Å². The molecule has 0 bridgehead atoms. The number of hydrogen-bond acceptors (Lipinski definition) is 4. The lowest BCUT2D eigenvalue weighted by atomic mass is 10.0. The lowest BCUT2D eigenvalue weighted by Gasteiger charge is -2.10. The standard InChI is InChI=1S/C19H19ClN2O4/c1-11(2)12-4-7-14(8-5-12)21-17(23)18(24)22-16-10-13(19(25)26-3)6-9-15(16)20/h4-11H,1-3H3,(H,21,23)(H,22,24). The van der Waals surface area contributed by atoms with Gasteiger partial charge in [-0.1, -0.05) is 37.6 Å². The number of anilines is 2. The Hall–Kier alpha value is -2.86. The Kier molecular flexibility index (Phi) is 6.36. The third-order valence-corrected chi connectivity index (χ3v) is 4.01. The van der Waals surface area contributed by atoms with Crippen molar-refractivity contribution in [2.45, 2.75) is 19.8 Å². The highest BCUT2D eigenvalue weighted by atomic mass is 35.5. The van der Waals surface area contributed by atoms with Crippen molar-refractivity contribution in [1.82, 2.24) is 0 Å². The monoisotopic (exact) mass is 374 g/mol. The van der Waals surface area contributed by atoms with Gasteiger partial charge in [0.1, 0.15) is 0 Å². The van der Waals surface area contributed by atoms with E-state index in [2.05, 4.69) is 29.2 Å². The summed E-state index contributed by atoms with van der Waals surface area (Å²) in [5, 5.41) is 5.09. The van der Waals surface area contributed by atoms with Crippen LogP contribution in [0.2, 0.25) is 5.02 Å². The van der Waals surface area contributed by atoms with Gasteiger partial charge in [0.25, 0.3) is 0 Å². The molecule has 0 aliphatic carbocycles. The molecule has 2 amide bonds. The minimum Gasteiger partial charge on any atom is -0.465 e. The third-order valence-electron chi connectivity index (χ3n) is 3.68. The molecule has 2 aromatic rings. The zero-order chi connectivity index (χ0) is 19.3. The topological polar surface area (TPSA) is 84.5 Å². The van der Waals surface area contributed by atoms with Crippen molar-refractivity contribution in [3.05, 3.63) is 58.6 Å². The summed E-state index contributed by atoms with van der Waals surface area (Å²) in [4.78, 5) is 35.7. The van der Waals surface area contributed by atoms with Crippen molar-refractivity contribution in [2.24, 2.45) is 0 Å². The Bertz CT molecular complexity index is 832.